The maximum atomic E-state index is 6.15. The highest BCUT2D eigenvalue weighted by Crippen LogP contribution is 2.31. The van der Waals surface area contributed by atoms with Crippen molar-refractivity contribution >= 4 is 17.3 Å². The van der Waals surface area contributed by atoms with E-state index >= 15 is 0 Å². The van der Waals surface area contributed by atoms with E-state index in [4.69, 9.17) is 11.6 Å². The van der Waals surface area contributed by atoms with Gasteiger partial charge in [0.05, 0.1) is 5.69 Å². The van der Waals surface area contributed by atoms with Gasteiger partial charge in [0, 0.05) is 12.2 Å². The number of nitrogens with one attached hydrogen (secondary N) is 1. The number of rotatable bonds is 4. The fourth-order valence-electron chi connectivity index (χ4n) is 2.91. The van der Waals surface area contributed by atoms with Crippen LogP contribution < -0.4 is 5.32 Å². The summed E-state index contributed by atoms with van der Waals surface area (Å²) in [5.74, 6) is 0.943. The van der Waals surface area contributed by atoms with Crippen LogP contribution in [0.5, 0.6) is 0 Å². The molecule has 1 saturated carbocycles. The fourth-order valence-corrected chi connectivity index (χ4v) is 3.17. The monoisotopic (exact) mass is 266 g/mol. The van der Waals surface area contributed by atoms with Crippen molar-refractivity contribution in [3.05, 3.63) is 23.0 Å². The first-order valence-corrected chi connectivity index (χ1v) is 7.46. The van der Waals surface area contributed by atoms with Crippen LogP contribution in [0.1, 0.15) is 51.0 Å². The van der Waals surface area contributed by atoms with Crippen molar-refractivity contribution in [3.8, 4) is 0 Å². The van der Waals surface area contributed by atoms with Gasteiger partial charge in [0.2, 0.25) is 0 Å². The molecule has 1 heterocycles. The Kier molecular flexibility index (Phi) is 4.87. The summed E-state index contributed by atoms with van der Waals surface area (Å²) >= 11 is 6.15. The molecule has 1 aliphatic rings. The molecule has 0 aromatic carbocycles. The summed E-state index contributed by atoms with van der Waals surface area (Å²) in [7, 11) is 0. The van der Waals surface area contributed by atoms with Crippen LogP contribution in [-0.4, -0.2) is 11.0 Å². The van der Waals surface area contributed by atoms with Crippen molar-refractivity contribution in [3.63, 3.8) is 0 Å². The third-order valence-corrected chi connectivity index (χ3v) is 4.29. The van der Waals surface area contributed by atoms with E-state index in [-0.39, 0.29) is 0 Å². The van der Waals surface area contributed by atoms with Crippen molar-refractivity contribution in [2.45, 2.75) is 58.4 Å². The number of nitrogens with zero attached hydrogens (tertiary/aromatic N) is 1. The van der Waals surface area contributed by atoms with Crippen LogP contribution in [0.25, 0.3) is 0 Å². The minimum Gasteiger partial charge on any atom is -0.380 e. The number of aromatic nitrogens is 1. The van der Waals surface area contributed by atoms with Crippen molar-refractivity contribution < 1.29 is 0 Å². The minimum atomic E-state index is 0.568. The second-order valence-corrected chi connectivity index (χ2v) is 5.80. The molecule has 1 N–H and O–H groups in total. The van der Waals surface area contributed by atoms with Crippen LogP contribution >= 0.6 is 11.6 Å². The predicted octanol–water partition coefficient (Wildman–Crippen LogP) is 4.81. The van der Waals surface area contributed by atoms with Crippen LogP contribution in [0.4, 0.5) is 5.69 Å². The summed E-state index contributed by atoms with van der Waals surface area (Å²) in [6, 6.07) is 2.58. The average molecular weight is 267 g/mol. The van der Waals surface area contributed by atoms with Crippen LogP contribution in [0.15, 0.2) is 12.3 Å². The van der Waals surface area contributed by atoms with E-state index in [1.165, 1.54) is 44.1 Å². The molecule has 1 aromatic rings. The van der Waals surface area contributed by atoms with E-state index in [9.17, 15) is 0 Å². The van der Waals surface area contributed by atoms with Crippen LogP contribution in [0.3, 0.4) is 0 Å². The van der Waals surface area contributed by atoms with E-state index in [1.54, 1.807) is 6.20 Å². The van der Waals surface area contributed by atoms with Crippen molar-refractivity contribution in [1.29, 1.82) is 0 Å². The number of aryl methyl sites for hydroxylation is 1. The standard InChI is InChI=1S/C15H23ClN2/c1-3-4-12-5-7-13(8-6-12)18-14-11(2)9-10-17-15(14)16/h9-10,12-13,18H,3-8H2,1-2H3. The Labute approximate surface area is 115 Å². The smallest absolute Gasteiger partial charge is 0.152 e. The first-order chi connectivity index (χ1) is 8.70. The van der Waals surface area contributed by atoms with Crippen LogP contribution in [-0.2, 0) is 0 Å². The van der Waals surface area contributed by atoms with Gasteiger partial charge in [-0.05, 0) is 50.2 Å². The largest absolute Gasteiger partial charge is 0.380 e. The number of halogens is 1. The van der Waals surface area contributed by atoms with E-state index in [2.05, 4.69) is 24.1 Å². The number of pyridine rings is 1. The molecule has 0 unspecified atom stereocenters. The molecule has 1 aliphatic carbocycles. The van der Waals surface area contributed by atoms with E-state index < -0.39 is 0 Å². The number of anilines is 1. The Hall–Kier alpha value is -0.760. The molecule has 0 atom stereocenters. The van der Waals surface area contributed by atoms with Gasteiger partial charge in [-0.1, -0.05) is 31.4 Å². The van der Waals surface area contributed by atoms with Gasteiger partial charge >= 0.3 is 0 Å². The van der Waals surface area contributed by atoms with Gasteiger partial charge in [-0.2, -0.15) is 0 Å². The Morgan fingerprint density at radius 2 is 2.06 bits per heavy atom. The topological polar surface area (TPSA) is 24.9 Å². The van der Waals surface area contributed by atoms with Gasteiger partial charge in [0.25, 0.3) is 0 Å². The zero-order chi connectivity index (χ0) is 13.0. The quantitative estimate of drug-likeness (QED) is 0.791. The Balaban J connectivity index is 1.92. The molecule has 3 heteroatoms. The van der Waals surface area contributed by atoms with Gasteiger partial charge < -0.3 is 5.32 Å². The SMILES string of the molecule is CCCC1CCC(Nc2c(C)ccnc2Cl)CC1. The normalized spacial score (nSPS) is 23.9. The van der Waals surface area contributed by atoms with Gasteiger partial charge in [-0.3, -0.25) is 0 Å². The third-order valence-electron chi connectivity index (χ3n) is 4.01. The zero-order valence-electron chi connectivity index (χ0n) is 11.4. The molecule has 0 bridgehead atoms. The lowest BCUT2D eigenvalue weighted by Crippen LogP contribution is -2.26. The molecule has 0 amide bonds. The highest BCUT2D eigenvalue weighted by Gasteiger charge is 2.21. The van der Waals surface area contributed by atoms with Gasteiger partial charge in [-0.15, -0.1) is 0 Å². The molecule has 1 fully saturated rings. The minimum absolute atomic E-state index is 0.568. The molecule has 0 radical (unpaired) electrons. The summed E-state index contributed by atoms with van der Waals surface area (Å²) < 4.78 is 0. The third kappa shape index (κ3) is 3.38. The van der Waals surface area contributed by atoms with Gasteiger partial charge in [0.15, 0.2) is 5.15 Å². The highest BCUT2D eigenvalue weighted by atomic mass is 35.5. The molecule has 18 heavy (non-hydrogen) atoms. The van der Waals surface area contributed by atoms with Gasteiger partial charge in [-0.25, -0.2) is 4.98 Å². The molecule has 0 aliphatic heterocycles. The zero-order valence-corrected chi connectivity index (χ0v) is 12.1. The Morgan fingerprint density at radius 3 is 2.67 bits per heavy atom. The fraction of sp³-hybridized carbons (Fsp3) is 0.667. The lowest BCUT2D eigenvalue weighted by molar-refractivity contribution is 0.319. The summed E-state index contributed by atoms with van der Waals surface area (Å²) in [5.41, 5.74) is 2.21. The Bertz CT molecular complexity index is 364. The average Bonchev–Trinajstić information content (AvgIpc) is 2.36. The Morgan fingerprint density at radius 1 is 1.33 bits per heavy atom. The highest BCUT2D eigenvalue weighted by molar-refractivity contribution is 6.32. The van der Waals surface area contributed by atoms with Crippen molar-refractivity contribution in [2.24, 2.45) is 5.92 Å². The summed E-state index contributed by atoms with van der Waals surface area (Å²) in [5, 5.41) is 4.19. The van der Waals surface area contributed by atoms with Crippen LogP contribution in [0, 0.1) is 12.8 Å². The summed E-state index contributed by atoms with van der Waals surface area (Å²) in [6.45, 7) is 4.36. The number of hydrogen-bond donors (Lipinski definition) is 1. The van der Waals surface area contributed by atoms with Gasteiger partial charge in [0.1, 0.15) is 0 Å². The molecule has 2 nitrogen and oxygen atoms in total. The molecule has 0 spiro atoms. The summed E-state index contributed by atoms with van der Waals surface area (Å²) in [6.07, 6.45) is 9.69. The van der Waals surface area contributed by atoms with E-state index in [0.29, 0.717) is 11.2 Å². The molecule has 2 rings (SSSR count). The second kappa shape index (κ2) is 6.42. The molecule has 100 valence electrons. The molecule has 1 aromatic heterocycles. The van der Waals surface area contributed by atoms with Crippen molar-refractivity contribution in [2.75, 3.05) is 5.32 Å². The summed E-state index contributed by atoms with van der Waals surface area (Å²) in [4.78, 5) is 4.15. The van der Waals surface area contributed by atoms with E-state index in [1.807, 2.05) is 6.07 Å². The molecular formula is C15H23ClN2. The number of hydrogen-bond acceptors (Lipinski definition) is 2. The lowest BCUT2D eigenvalue weighted by atomic mass is 9.83. The van der Waals surface area contributed by atoms with Crippen LogP contribution in [0.2, 0.25) is 5.15 Å². The first-order valence-electron chi connectivity index (χ1n) is 7.08. The molecular weight excluding hydrogens is 244 g/mol. The first kappa shape index (κ1) is 13.7. The maximum absolute atomic E-state index is 6.15. The van der Waals surface area contributed by atoms with Crippen molar-refractivity contribution in [1.82, 2.24) is 4.98 Å². The molecule has 0 saturated heterocycles. The van der Waals surface area contributed by atoms with E-state index in [0.717, 1.165) is 11.6 Å². The second-order valence-electron chi connectivity index (χ2n) is 5.44. The predicted molar refractivity (Wildman–Crippen MR) is 78.3 cm³/mol. The lowest BCUT2D eigenvalue weighted by Gasteiger charge is -2.30. The maximum Gasteiger partial charge on any atom is 0.152 e.